The van der Waals surface area contributed by atoms with E-state index in [-0.39, 0.29) is 16.3 Å². The lowest BCUT2D eigenvalue weighted by Crippen LogP contribution is -2.19. The minimum absolute atomic E-state index is 0.00391. The average molecular weight is 450 g/mol. The Kier molecular flexibility index (Phi) is 7.34. The molecule has 0 atom stereocenters. The van der Waals surface area contributed by atoms with E-state index in [1.165, 1.54) is 24.3 Å². The van der Waals surface area contributed by atoms with E-state index in [1.54, 1.807) is 6.07 Å². The standard InChI is InChI=1S/C25H20F6O/c1-2-3-4-5-6-16-7-10-18(21(26)14-16)11-8-17-9-12-20-19(13-17)15-22(27)24(23(20)28)32-25(29,30)31/h7,9-10,12-15H,2-6H2,1H3. The van der Waals surface area contributed by atoms with Gasteiger partial charge in [0.1, 0.15) is 5.82 Å². The molecule has 3 rings (SSSR count). The Bertz CT molecular complexity index is 1170. The summed E-state index contributed by atoms with van der Waals surface area (Å²) < 4.78 is 83.2. The maximum Gasteiger partial charge on any atom is 0.573 e. The molecule has 0 N–H and O–H groups in total. The highest BCUT2D eigenvalue weighted by Crippen LogP contribution is 2.33. The number of halogens is 6. The van der Waals surface area contributed by atoms with Crippen molar-refractivity contribution in [3.8, 4) is 17.6 Å². The van der Waals surface area contributed by atoms with E-state index in [0.29, 0.717) is 5.56 Å². The van der Waals surface area contributed by atoms with Crippen LogP contribution in [-0.4, -0.2) is 6.36 Å². The molecule has 32 heavy (non-hydrogen) atoms. The summed E-state index contributed by atoms with van der Waals surface area (Å²) in [6, 6.07) is 9.42. The van der Waals surface area contributed by atoms with Crippen molar-refractivity contribution in [3.05, 3.63) is 76.6 Å². The molecule has 3 aromatic carbocycles. The quantitative estimate of drug-likeness (QED) is 0.213. The van der Waals surface area contributed by atoms with Gasteiger partial charge in [0.25, 0.3) is 0 Å². The van der Waals surface area contributed by atoms with E-state index in [9.17, 15) is 26.3 Å². The Balaban J connectivity index is 1.82. The molecular formula is C25H20F6O. The summed E-state index contributed by atoms with van der Waals surface area (Å²) in [7, 11) is 0. The zero-order valence-electron chi connectivity index (χ0n) is 17.3. The van der Waals surface area contributed by atoms with Crippen LogP contribution in [-0.2, 0) is 6.42 Å². The van der Waals surface area contributed by atoms with Gasteiger partial charge >= 0.3 is 6.36 Å². The number of fused-ring (bicyclic) bond motifs is 1. The second-order valence-corrected chi connectivity index (χ2v) is 7.36. The van der Waals surface area contributed by atoms with Gasteiger partial charge in [-0.05, 0) is 54.1 Å². The molecule has 1 nitrogen and oxygen atoms in total. The fourth-order valence-corrected chi connectivity index (χ4v) is 3.31. The van der Waals surface area contributed by atoms with Crippen LogP contribution >= 0.6 is 0 Å². The molecule has 0 fully saturated rings. The lowest BCUT2D eigenvalue weighted by molar-refractivity contribution is -0.276. The number of unbranched alkanes of at least 4 members (excludes halogenated alkanes) is 3. The van der Waals surface area contributed by atoms with Crippen LogP contribution in [0, 0.1) is 29.3 Å². The van der Waals surface area contributed by atoms with E-state index >= 15 is 0 Å². The number of hydrogen-bond acceptors (Lipinski definition) is 1. The van der Waals surface area contributed by atoms with Crippen LogP contribution in [0.4, 0.5) is 26.3 Å². The van der Waals surface area contributed by atoms with Crippen molar-refractivity contribution < 1.29 is 31.1 Å². The van der Waals surface area contributed by atoms with Crippen LogP contribution in [0.1, 0.15) is 49.3 Å². The van der Waals surface area contributed by atoms with Gasteiger partial charge in [-0.3, -0.25) is 0 Å². The second-order valence-electron chi connectivity index (χ2n) is 7.36. The van der Waals surface area contributed by atoms with Crippen molar-refractivity contribution in [3.63, 3.8) is 0 Å². The van der Waals surface area contributed by atoms with Crippen molar-refractivity contribution in [2.24, 2.45) is 0 Å². The van der Waals surface area contributed by atoms with Crippen LogP contribution in [0.2, 0.25) is 0 Å². The first kappa shape index (κ1) is 23.5. The molecular weight excluding hydrogens is 430 g/mol. The number of alkyl halides is 3. The van der Waals surface area contributed by atoms with Gasteiger partial charge in [0.2, 0.25) is 5.75 Å². The van der Waals surface area contributed by atoms with Gasteiger partial charge in [-0.25, -0.2) is 13.2 Å². The molecule has 0 saturated carbocycles. The first-order valence-electron chi connectivity index (χ1n) is 10.2. The molecule has 0 saturated heterocycles. The topological polar surface area (TPSA) is 9.23 Å². The summed E-state index contributed by atoms with van der Waals surface area (Å²) in [6.45, 7) is 2.12. The SMILES string of the molecule is CCCCCCc1ccc(C#Cc2ccc3c(F)c(OC(F)(F)F)c(F)cc3c2)c(F)c1. The molecule has 0 aromatic heterocycles. The Hall–Kier alpha value is -3.14. The highest BCUT2D eigenvalue weighted by Gasteiger charge is 2.34. The van der Waals surface area contributed by atoms with E-state index in [2.05, 4.69) is 23.5 Å². The number of rotatable bonds is 6. The fraction of sp³-hybridized carbons (Fsp3) is 0.280. The maximum atomic E-state index is 14.4. The van der Waals surface area contributed by atoms with E-state index < -0.39 is 29.6 Å². The van der Waals surface area contributed by atoms with E-state index in [1.807, 2.05) is 6.07 Å². The lowest BCUT2D eigenvalue weighted by Gasteiger charge is -2.12. The predicted molar refractivity (Wildman–Crippen MR) is 111 cm³/mol. The fourth-order valence-electron chi connectivity index (χ4n) is 3.31. The predicted octanol–water partition coefficient (Wildman–Crippen LogP) is 7.68. The third-order valence-corrected chi connectivity index (χ3v) is 4.90. The lowest BCUT2D eigenvalue weighted by atomic mass is 10.0. The van der Waals surface area contributed by atoms with Crippen molar-refractivity contribution >= 4 is 10.8 Å². The van der Waals surface area contributed by atoms with Crippen LogP contribution in [0.25, 0.3) is 10.8 Å². The van der Waals surface area contributed by atoms with Crippen LogP contribution < -0.4 is 4.74 Å². The molecule has 7 heteroatoms. The summed E-state index contributed by atoms with van der Waals surface area (Å²) in [5.41, 5.74) is 1.38. The van der Waals surface area contributed by atoms with E-state index in [4.69, 9.17) is 0 Å². The third kappa shape index (κ3) is 5.97. The summed E-state index contributed by atoms with van der Waals surface area (Å²) >= 11 is 0. The van der Waals surface area contributed by atoms with Crippen LogP contribution in [0.3, 0.4) is 0 Å². The monoisotopic (exact) mass is 450 g/mol. The Morgan fingerprint density at radius 3 is 2.31 bits per heavy atom. The van der Waals surface area contributed by atoms with Gasteiger partial charge in [0, 0.05) is 10.9 Å². The normalized spacial score (nSPS) is 11.3. The minimum atomic E-state index is -5.23. The van der Waals surface area contributed by atoms with Gasteiger partial charge < -0.3 is 4.74 Å². The van der Waals surface area contributed by atoms with Gasteiger partial charge in [0.15, 0.2) is 11.6 Å². The van der Waals surface area contributed by atoms with Crippen molar-refractivity contribution in [2.75, 3.05) is 0 Å². The Morgan fingerprint density at radius 2 is 1.62 bits per heavy atom. The molecule has 0 aliphatic heterocycles. The molecule has 0 aliphatic carbocycles. The van der Waals surface area contributed by atoms with Gasteiger partial charge in [-0.15, -0.1) is 13.2 Å². The van der Waals surface area contributed by atoms with Gasteiger partial charge in [-0.1, -0.05) is 50.2 Å². The summed E-state index contributed by atoms with van der Waals surface area (Å²) in [5, 5.41) is -0.251. The molecule has 0 heterocycles. The molecule has 0 bridgehead atoms. The number of benzene rings is 3. The summed E-state index contributed by atoms with van der Waals surface area (Å²) in [5.74, 6) is 0.479. The van der Waals surface area contributed by atoms with E-state index in [0.717, 1.165) is 43.7 Å². The smallest absolute Gasteiger partial charge is 0.399 e. The molecule has 168 valence electrons. The molecule has 0 radical (unpaired) electrons. The second kappa shape index (κ2) is 9.99. The first-order chi connectivity index (χ1) is 15.2. The third-order valence-electron chi connectivity index (χ3n) is 4.90. The molecule has 0 aliphatic rings. The van der Waals surface area contributed by atoms with Crippen LogP contribution in [0.15, 0.2) is 42.5 Å². The zero-order chi connectivity index (χ0) is 23.3. The highest BCUT2D eigenvalue weighted by molar-refractivity contribution is 5.86. The molecule has 3 aromatic rings. The van der Waals surface area contributed by atoms with Crippen LogP contribution in [0.5, 0.6) is 5.75 Å². The zero-order valence-corrected chi connectivity index (χ0v) is 17.3. The summed E-state index contributed by atoms with van der Waals surface area (Å²) in [6.07, 6.45) is -0.102. The van der Waals surface area contributed by atoms with Crippen molar-refractivity contribution in [1.82, 2.24) is 0 Å². The number of hydrogen-bond donors (Lipinski definition) is 0. The minimum Gasteiger partial charge on any atom is -0.399 e. The molecule has 0 amide bonds. The number of aryl methyl sites for hydroxylation is 1. The Labute approximate surface area is 182 Å². The highest BCUT2D eigenvalue weighted by atomic mass is 19.4. The van der Waals surface area contributed by atoms with Gasteiger partial charge in [0.05, 0.1) is 5.56 Å². The Morgan fingerprint density at radius 1 is 0.844 bits per heavy atom. The summed E-state index contributed by atoms with van der Waals surface area (Å²) in [4.78, 5) is 0. The number of ether oxygens (including phenoxy) is 1. The largest absolute Gasteiger partial charge is 0.573 e. The maximum absolute atomic E-state index is 14.4. The average Bonchev–Trinajstić information content (AvgIpc) is 2.73. The van der Waals surface area contributed by atoms with Crippen molar-refractivity contribution in [2.45, 2.75) is 45.4 Å². The van der Waals surface area contributed by atoms with Gasteiger partial charge in [-0.2, -0.15) is 0 Å². The first-order valence-corrected chi connectivity index (χ1v) is 10.2. The molecule has 0 unspecified atom stereocenters. The molecule has 0 spiro atoms. The van der Waals surface area contributed by atoms with Crippen molar-refractivity contribution in [1.29, 1.82) is 0 Å².